The smallest absolute Gasteiger partial charge is 0.397 e. The fraction of sp³-hybridized carbons (Fsp3) is 0.303. The van der Waals surface area contributed by atoms with Crippen LogP contribution in [-0.4, -0.2) is 17.5 Å². The molecule has 0 aliphatic heterocycles. The summed E-state index contributed by atoms with van der Waals surface area (Å²) in [5.41, 5.74) is 4.13. The number of anilines is 2. The normalized spacial score (nSPS) is 14.4. The number of Topliss-reactive ketones (excluding diaryl/α,β-unsaturated/α-hetero) is 2. The molecule has 0 atom stereocenters. The van der Waals surface area contributed by atoms with Crippen LogP contribution in [0.25, 0.3) is 6.08 Å². The molecule has 0 heterocycles. The van der Waals surface area contributed by atoms with Crippen molar-refractivity contribution in [1.29, 1.82) is 0 Å². The molecule has 0 aromatic heterocycles. The molecule has 0 saturated heterocycles. The van der Waals surface area contributed by atoms with E-state index in [-0.39, 0.29) is 65.8 Å². The van der Waals surface area contributed by atoms with Crippen molar-refractivity contribution in [3.05, 3.63) is 99.4 Å². The molecular formula is C33H29F7N2O3. The van der Waals surface area contributed by atoms with Gasteiger partial charge in [-0.15, -0.1) is 0 Å². The van der Waals surface area contributed by atoms with Crippen LogP contribution in [0.4, 0.5) is 42.1 Å². The van der Waals surface area contributed by atoms with E-state index in [1.54, 1.807) is 6.07 Å². The van der Waals surface area contributed by atoms with E-state index in [1.807, 2.05) is 0 Å². The number of nitrogens with two attached hydrogens (primary N) is 1. The summed E-state index contributed by atoms with van der Waals surface area (Å²) < 4.78 is 92.5. The van der Waals surface area contributed by atoms with Crippen molar-refractivity contribution < 1.29 is 45.1 Å². The van der Waals surface area contributed by atoms with Gasteiger partial charge in [0.2, 0.25) is 5.91 Å². The fourth-order valence-electron chi connectivity index (χ4n) is 5.08. The van der Waals surface area contributed by atoms with Gasteiger partial charge in [-0.2, -0.15) is 26.3 Å². The first-order chi connectivity index (χ1) is 21.1. The SMILES string of the molecule is Nc1cc(F)ccc1NC(=O)CCCCCCC(=O)c1ccc2c(c1)CC/C(=C\c1cc(C(F)(F)F)cc(C(F)(F)F)c1)C2=O. The number of aryl methyl sites for hydroxylation is 1. The zero-order valence-electron chi connectivity index (χ0n) is 23.9. The number of carbonyl (C=O) groups is 3. The monoisotopic (exact) mass is 634 g/mol. The Labute approximate surface area is 254 Å². The maximum atomic E-state index is 13.2. The van der Waals surface area contributed by atoms with Crippen molar-refractivity contribution >= 4 is 34.9 Å². The Balaban J connectivity index is 1.31. The van der Waals surface area contributed by atoms with Crippen LogP contribution < -0.4 is 11.1 Å². The standard InChI is InChI=1S/C33H29F7N2O3/c34-25-10-12-28(27(41)18-25)42-30(44)6-4-2-1-3-5-29(43)21-9-11-26-20(16-21)7-8-22(31(26)45)13-19-14-23(32(35,36)37)17-24(15-19)33(38,39)40/h9-18H,1-8,41H2,(H,42,44)/b22-13+. The number of benzene rings is 3. The van der Waals surface area contributed by atoms with Crippen LogP contribution in [0.2, 0.25) is 0 Å². The summed E-state index contributed by atoms with van der Waals surface area (Å²) in [6, 6.07) is 9.42. The Kier molecular flexibility index (Phi) is 10.1. The molecule has 1 amide bonds. The van der Waals surface area contributed by atoms with Crippen molar-refractivity contribution in [2.45, 2.75) is 63.7 Å². The highest BCUT2D eigenvalue weighted by Gasteiger charge is 2.37. The van der Waals surface area contributed by atoms with E-state index in [2.05, 4.69) is 5.32 Å². The number of allylic oxidation sites excluding steroid dienone is 1. The second kappa shape index (κ2) is 13.7. The summed E-state index contributed by atoms with van der Waals surface area (Å²) in [4.78, 5) is 37.9. The highest BCUT2D eigenvalue weighted by atomic mass is 19.4. The van der Waals surface area contributed by atoms with Gasteiger partial charge in [0.25, 0.3) is 0 Å². The molecule has 45 heavy (non-hydrogen) atoms. The number of fused-ring (bicyclic) bond motifs is 1. The summed E-state index contributed by atoms with van der Waals surface area (Å²) in [6.07, 6.45) is -5.56. The van der Waals surface area contributed by atoms with E-state index in [0.717, 1.165) is 12.1 Å². The van der Waals surface area contributed by atoms with Gasteiger partial charge < -0.3 is 11.1 Å². The molecule has 0 spiro atoms. The highest BCUT2D eigenvalue weighted by Crippen LogP contribution is 2.37. The first kappa shape index (κ1) is 33.4. The average Bonchev–Trinajstić information content (AvgIpc) is 2.96. The third-order valence-electron chi connectivity index (χ3n) is 7.42. The molecule has 0 unspecified atom stereocenters. The van der Waals surface area contributed by atoms with Gasteiger partial charge in [-0.25, -0.2) is 4.39 Å². The molecule has 0 radical (unpaired) electrons. The molecule has 1 aliphatic rings. The Hall–Kier alpha value is -4.48. The van der Waals surface area contributed by atoms with E-state index in [0.29, 0.717) is 54.6 Å². The zero-order chi connectivity index (χ0) is 32.9. The van der Waals surface area contributed by atoms with Crippen LogP contribution in [0.3, 0.4) is 0 Å². The van der Waals surface area contributed by atoms with Gasteiger partial charge >= 0.3 is 12.4 Å². The number of carbonyl (C=O) groups excluding carboxylic acids is 3. The minimum absolute atomic E-state index is 0.0337. The Morgan fingerprint density at radius 1 is 0.800 bits per heavy atom. The third kappa shape index (κ3) is 8.80. The molecule has 5 nitrogen and oxygen atoms in total. The predicted molar refractivity (Wildman–Crippen MR) is 155 cm³/mol. The minimum atomic E-state index is -5.00. The van der Waals surface area contributed by atoms with Gasteiger partial charge in [0, 0.05) is 29.5 Å². The number of amides is 1. The van der Waals surface area contributed by atoms with E-state index in [4.69, 9.17) is 5.73 Å². The largest absolute Gasteiger partial charge is 0.416 e. The first-order valence-corrected chi connectivity index (χ1v) is 14.2. The lowest BCUT2D eigenvalue weighted by Gasteiger charge is -2.19. The summed E-state index contributed by atoms with van der Waals surface area (Å²) >= 11 is 0. The molecule has 12 heteroatoms. The minimum Gasteiger partial charge on any atom is -0.397 e. The topological polar surface area (TPSA) is 89.3 Å². The summed E-state index contributed by atoms with van der Waals surface area (Å²) in [7, 11) is 0. The molecular weight excluding hydrogens is 605 g/mol. The van der Waals surface area contributed by atoms with Gasteiger partial charge in [-0.3, -0.25) is 14.4 Å². The molecule has 0 bridgehead atoms. The second-order valence-corrected chi connectivity index (χ2v) is 10.8. The van der Waals surface area contributed by atoms with Gasteiger partial charge in [-0.05, 0) is 85.4 Å². The van der Waals surface area contributed by atoms with Crippen LogP contribution in [0.1, 0.15) is 87.9 Å². The Bertz CT molecular complexity index is 1610. The van der Waals surface area contributed by atoms with Gasteiger partial charge in [0.05, 0.1) is 22.5 Å². The number of alkyl halides is 6. The molecule has 3 aromatic rings. The lowest BCUT2D eigenvalue weighted by atomic mass is 9.84. The summed E-state index contributed by atoms with van der Waals surface area (Å²) in [5, 5.41) is 2.63. The second-order valence-electron chi connectivity index (χ2n) is 10.8. The number of unbranched alkanes of at least 4 members (excludes halogenated alkanes) is 3. The van der Waals surface area contributed by atoms with Crippen LogP contribution in [-0.2, 0) is 23.6 Å². The number of nitrogens with one attached hydrogen (secondary N) is 1. The molecule has 0 fully saturated rings. The van der Waals surface area contributed by atoms with Crippen LogP contribution in [0, 0.1) is 5.82 Å². The molecule has 238 valence electrons. The predicted octanol–water partition coefficient (Wildman–Crippen LogP) is 8.82. The number of nitrogen functional groups attached to an aromatic ring is 1. The molecule has 4 rings (SSSR count). The highest BCUT2D eigenvalue weighted by molar-refractivity contribution is 6.13. The maximum Gasteiger partial charge on any atom is 0.416 e. The average molecular weight is 635 g/mol. The molecule has 3 aromatic carbocycles. The van der Waals surface area contributed by atoms with E-state index < -0.39 is 35.1 Å². The van der Waals surface area contributed by atoms with Gasteiger partial charge in [0.15, 0.2) is 11.6 Å². The van der Waals surface area contributed by atoms with Gasteiger partial charge in [-0.1, -0.05) is 25.0 Å². The fourth-order valence-corrected chi connectivity index (χ4v) is 5.08. The number of hydrogen-bond donors (Lipinski definition) is 2. The number of ketones is 2. The molecule has 1 aliphatic carbocycles. The summed E-state index contributed by atoms with van der Waals surface area (Å²) in [6.45, 7) is 0. The van der Waals surface area contributed by atoms with E-state index in [1.165, 1.54) is 24.3 Å². The van der Waals surface area contributed by atoms with Crippen molar-refractivity contribution in [2.24, 2.45) is 0 Å². The van der Waals surface area contributed by atoms with E-state index in [9.17, 15) is 45.1 Å². The van der Waals surface area contributed by atoms with Crippen molar-refractivity contribution in [1.82, 2.24) is 0 Å². The van der Waals surface area contributed by atoms with Gasteiger partial charge in [0.1, 0.15) is 5.82 Å². The molecule has 0 saturated carbocycles. The number of rotatable bonds is 10. The summed E-state index contributed by atoms with van der Waals surface area (Å²) in [5.74, 6) is -1.42. The Morgan fingerprint density at radius 2 is 1.44 bits per heavy atom. The Morgan fingerprint density at radius 3 is 2.07 bits per heavy atom. The quantitative estimate of drug-likeness (QED) is 0.0767. The first-order valence-electron chi connectivity index (χ1n) is 14.2. The van der Waals surface area contributed by atoms with Crippen molar-refractivity contribution in [2.75, 3.05) is 11.1 Å². The third-order valence-corrected chi connectivity index (χ3v) is 7.42. The van der Waals surface area contributed by atoms with Crippen LogP contribution in [0.5, 0.6) is 0 Å². The maximum absolute atomic E-state index is 13.2. The number of hydrogen-bond acceptors (Lipinski definition) is 4. The van der Waals surface area contributed by atoms with Crippen LogP contribution in [0.15, 0.2) is 60.2 Å². The van der Waals surface area contributed by atoms with E-state index >= 15 is 0 Å². The lowest BCUT2D eigenvalue weighted by Crippen LogP contribution is -2.15. The molecule has 3 N–H and O–H groups in total. The number of halogens is 7. The van der Waals surface area contributed by atoms with Crippen LogP contribution >= 0.6 is 0 Å². The zero-order valence-corrected chi connectivity index (χ0v) is 23.9. The van der Waals surface area contributed by atoms with Crippen molar-refractivity contribution in [3.63, 3.8) is 0 Å². The van der Waals surface area contributed by atoms with Crippen molar-refractivity contribution in [3.8, 4) is 0 Å². The lowest BCUT2D eigenvalue weighted by molar-refractivity contribution is -0.143.